The monoisotopic (exact) mass is 314 g/mol. The summed E-state index contributed by atoms with van der Waals surface area (Å²) in [5.41, 5.74) is 1.80. The second-order valence-electron chi connectivity index (χ2n) is 5.90. The summed E-state index contributed by atoms with van der Waals surface area (Å²) in [5, 5.41) is 6.90. The highest BCUT2D eigenvalue weighted by Crippen LogP contribution is 2.28. The van der Waals surface area contributed by atoms with Crippen molar-refractivity contribution in [3.05, 3.63) is 41.5 Å². The Morgan fingerprint density at radius 1 is 1.48 bits per heavy atom. The van der Waals surface area contributed by atoms with Gasteiger partial charge in [-0.1, -0.05) is 0 Å². The quantitative estimate of drug-likeness (QED) is 0.829. The van der Waals surface area contributed by atoms with Gasteiger partial charge in [0.1, 0.15) is 17.9 Å². The molecule has 1 unspecified atom stereocenters. The van der Waals surface area contributed by atoms with Gasteiger partial charge in [0.15, 0.2) is 5.78 Å². The molecular formula is C17H22N4O2. The Kier molecular flexibility index (Phi) is 4.71. The van der Waals surface area contributed by atoms with Crippen LogP contribution in [0.15, 0.2) is 24.5 Å². The van der Waals surface area contributed by atoms with Crippen LogP contribution >= 0.6 is 0 Å². The first-order valence-electron chi connectivity index (χ1n) is 8.01. The number of aromatic nitrogens is 3. The summed E-state index contributed by atoms with van der Waals surface area (Å²) in [4.78, 5) is 18.3. The number of aromatic amines is 1. The van der Waals surface area contributed by atoms with Crippen LogP contribution < -0.4 is 4.74 Å². The SMILES string of the molecule is CCOc1ccc(C(C)=O)cc1CN1CCC(c2ncn[nH]2)C1. The maximum absolute atomic E-state index is 11.6. The number of nitrogens with one attached hydrogen (secondary N) is 1. The number of ketones is 1. The number of benzene rings is 1. The zero-order valence-electron chi connectivity index (χ0n) is 13.6. The van der Waals surface area contributed by atoms with Crippen molar-refractivity contribution < 1.29 is 9.53 Å². The number of H-pyrrole nitrogens is 1. The lowest BCUT2D eigenvalue weighted by molar-refractivity contribution is 0.101. The Balaban J connectivity index is 1.74. The zero-order chi connectivity index (χ0) is 16.2. The molecular weight excluding hydrogens is 292 g/mol. The van der Waals surface area contributed by atoms with Gasteiger partial charge in [-0.05, 0) is 45.0 Å². The van der Waals surface area contributed by atoms with Crippen molar-refractivity contribution in [1.29, 1.82) is 0 Å². The minimum absolute atomic E-state index is 0.0789. The molecule has 3 rings (SSSR count). The molecule has 0 aliphatic carbocycles. The molecule has 1 aliphatic heterocycles. The minimum atomic E-state index is 0.0789. The molecule has 2 aromatic rings. The molecule has 0 spiro atoms. The van der Waals surface area contributed by atoms with Crippen molar-refractivity contribution in [3.63, 3.8) is 0 Å². The van der Waals surface area contributed by atoms with Crippen LogP contribution in [-0.2, 0) is 6.54 Å². The van der Waals surface area contributed by atoms with E-state index in [9.17, 15) is 4.79 Å². The lowest BCUT2D eigenvalue weighted by atomic mass is 10.1. The summed E-state index contributed by atoms with van der Waals surface area (Å²) in [6, 6.07) is 5.69. The van der Waals surface area contributed by atoms with Crippen molar-refractivity contribution in [2.75, 3.05) is 19.7 Å². The molecule has 0 amide bonds. The topological polar surface area (TPSA) is 71.1 Å². The van der Waals surface area contributed by atoms with Crippen molar-refractivity contribution in [1.82, 2.24) is 20.1 Å². The van der Waals surface area contributed by atoms with Gasteiger partial charge in [-0.25, -0.2) is 4.98 Å². The standard InChI is InChI=1S/C17H22N4O2/c1-3-23-16-5-4-13(12(2)22)8-15(16)10-21-7-6-14(9-21)17-18-11-19-20-17/h4-5,8,11,14H,3,6-7,9-10H2,1-2H3,(H,18,19,20). The van der Waals surface area contributed by atoms with Crippen LogP contribution in [0, 0.1) is 0 Å². The first-order chi connectivity index (χ1) is 11.2. The molecule has 23 heavy (non-hydrogen) atoms. The van der Waals surface area contributed by atoms with Crippen LogP contribution in [0.2, 0.25) is 0 Å². The second kappa shape index (κ2) is 6.91. The van der Waals surface area contributed by atoms with E-state index in [4.69, 9.17) is 4.74 Å². The molecule has 1 aromatic carbocycles. The number of ether oxygens (including phenoxy) is 1. The predicted octanol–water partition coefficient (Wildman–Crippen LogP) is 2.40. The Hall–Kier alpha value is -2.21. The number of likely N-dealkylation sites (tertiary alicyclic amines) is 1. The average Bonchev–Trinajstić information content (AvgIpc) is 3.20. The molecule has 1 saturated heterocycles. The van der Waals surface area contributed by atoms with E-state index in [0.29, 0.717) is 12.5 Å². The Labute approximate surface area is 135 Å². The lowest BCUT2D eigenvalue weighted by Crippen LogP contribution is -2.20. The van der Waals surface area contributed by atoms with Crippen LogP contribution in [0.25, 0.3) is 0 Å². The molecule has 6 heteroatoms. The molecule has 1 aromatic heterocycles. The zero-order valence-corrected chi connectivity index (χ0v) is 13.6. The van der Waals surface area contributed by atoms with Gasteiger partial charge in [-0.3, -0.25) is 14.8 Å². The van der Waals surface area contributed by atoms with E-state index in [1.807, 2.05) is 25.1 Å². The second-order valence-corrected chi connectivity index (χ2v) is 5.90. The first kappa shape index (κ1) is 15.7. The van der Waals surface area contributed by atoms with Gasteiger partial charge in [0.2, 0.25) is 0 Å². The van der Waals surface area contributed by atoms with E-state index in [1.54, 1.807) is 13.3 Å². The third kappa shape index (κ3) is 3.59. The van der Waals surface area contributed by atoms with Gasteiger partial charge in [0.05, 0.1) is 6.61 Å². The number of carbonyl (C=O) groups is 1. The molecule has 2 heterocycles. The Morgan fingerprint density at radius 2 is 2.35 bits per heavy atom. The fourth-order valence-corrected chi connectivity index (χ4v) is 3.07. The smallest absolute Gasteiger partial charge is 0.159 e. The lowest BCUT2D eigenvalue weighted by Gasteiger charge is -2.18. The predicted molar refractivity (Wildman–Crippen MR) is 86.6 cm³/mol. The molecule has 0 radical (unpaired) electrons. The fourth-order valence-electron chi connectivity index (χ4n) is 3.07. The van der Waals surface area contributed by atoms with Crippen molar-refractivity contribution >= 4 is 5.78 Å². The summed E-state index contributed by atoms with van der Waals surface area (Å²) < 4.78 is 5.71. The maximum atomic E-state index is 11.6. The van der Waals surface area contributed by atoms with Crippen LogP contribution in [0.5, 0.6) is 5.75 Å². The molecule has 122 valence electrons. The van der Waals surface area contributed by atoms with E-state index in [2.05, 4.69) is 20.1 Å². The molecule has 0 bridgehead atoms. The highest BCUT2D eigenvalue weighted by molar-refractivity contribution is 5.94. The molecule has 1 atom stereocenters. The number of carbonyl (C=O) groups excluding carboxylic acids is 1. The van der Waals surface area contributed by atoms with Gasteiger partial charge in [0, 0.05) is 30.1 Å². The number of nitrogens with zero attached hydrogens (tertiary/aromatic N) is 3. The molecule has 0 saturated carbocycles. The Morgan fingerprint density at radius 3 is 3.04 bits per heavy atom. The summed E-state index contributed by atoms with van der Waals surface area (Å²) in [6.07, 6.45) is 2.62. The van der Waals surface area contributed by atoms with Crippen molar-refractivity contribution in [3.8, 4) is 5.75 Å². The summed E-state index contributed by atoms with van der Waals surface area (Å²) in [5.74, 6) is 2.29. The van der Waals surface area contributed by atoms with Crippen LogP contribution in [0.1, 0.15) is 47.9 Å². The Bertz CT molecular complexity index is 669. The van der Waals surface area contributed by atoms with Gasteiger partial charge in [0.25, 0.3) is 0 Å². The third-order valence-electron chi connectivity index (χ3n) is 4.25. The highest BCUT2D eigenvalue weighted by Gasteiger charge is 2.26. The normalized spacial score (nSPS) is 18.3. The van der Waals surface area contributed by atoms with Gasteiger partial charge >= 0.3 is 0 Å². The van der Waals surface area contributed by atoms with Gasteiger partial charge in [-0.15, -0.1) is 0 Å². The number of rotatable bonds is 6. The van der Waals surface area contributed by atoms with E-state index in [1.165, 1.54) is 0 Å². The van der Waals surface area contributed by atoms with Gasteiger partial charge < -0.3 is 4.74 Å². The van der Waals surface area contributed by atoms with Crippen LogP contribution in [0.3, 0.4) is 0 Å². The number of Topliss-reactive ketones (excluding diaryl/α,β-unsaturated/α-hetero) is 1. The van der Waals surface area contributed by atoms with E-state index in [-0.39, 0.29) is 5.78 Å². The molecule has 6 nitrogen and oxygen atoms in total. The van der Waals surface area contributed by atoms with E-state index >= 15 is 0 Å². The van der Waals surface area contributed by atoms with Gasteiger partial charge in [-0.2, -0.15) is 5.10 Å². The number of hydrogen-bond donors (Lipinski definition) is 1. The van der Waals surface area contributed by atoms with Crippen molar-refractivity contribution in [2.24, 2.45) is 0 Å². The average molecular weight is 314 g/mol. The van der Waals surface area contributed by atoms with Crippen LogP contribution in [-0.4, -0.2) is 45.6 Å². The molecule has 1 aliphatic rings. The molecule has 1 N–H and O–H groups in total. The van der Waals surface area contributed by atoms with E-state index in [0.717, 1.165) is 48.8 Å². The van der Waals surface area contributed by atoms with Crippen LogP contribution in [0.4, 0.5) is 0 Å². The minimum Gasteiger partial charge on any atom is -0.494 e. The maximum Gasteiger partial charge on any atom is 0.159 e. The number of hydrogen-bond acceptors (Lipinski definition) is 5. The first-order valence-corrected chi connectivity index (χ1v) is 8.01. The molecule has 1 fully saturated rings. The summed E-state index contributed by atoms with van der Waals surface area (Å²) in [7, 11) is 0. The summed E-state index contributed by atoms with van der Waals surface area (Å²) >= 11 is 0. The largest absolute Gasteiger partial charge is 0.494 e. The fraction of sp³-hybridized carbons (Fsp3) is 0.471. The third-order valence-corrected chi connectivity index (χ3v) is 4.25. The summed E-state index contributed by atoms with van der Waals surface area (Å²) in [6.45, 7) is 6.90. The van der Waals surface area contributed by atoms with Crippen molar-refractivity contribution in [2.45, 2.75) is 32.7 Å². The van der Waals surface area contributed by atoms with E-state index < -0.39 is 0 Å². The highest BCUT2D eigenvalue weighted by atomic mass is 16.5.